The van der Waals surface area contributed by atoms with Gasteiger partial charge >= 0.3 is 5.97 Å². The van der Waals surface area contributed by atoms with Crippen LogP contribution in [0.5, 0.6) is 0 Å². The van der Waals surface area contributed by atoms with Gasteiger partial charge in [0.2, 0.25) is 0 Å². The first-order valence-corrected chi connectivity index (χ1v) is 6.19. The monoisotopic (exact) mass is 269 g/mol. The lowest BCUT2D eigenvalue weighted by Gasteiger charge is -2.21. The second kappa shape index (κ2) is 8.61. The fourth-order valence-corrected chi connectivity index (χ4v) is 1.71. The van der Waals surface area contributed by atoms with Crippen LogP contribution < -0.4 is 0 Å². The minimum atomic E-state index is -0.268. The molecule has 0 radical (unpaired) electrons. The standard InChI is InChI=1S/C14H20FNO3/c1-18-10-9-16(8-7-14(17)19-2)11-12-5-3-4-6-13(12)15/h3-6H,7-11H2,1-2H3. The summed E-state index contributed by atoms with van der Waals surface area (Å²) in [5, 5.41) is 0. The highest BCUT2D eigenvalue weighted by Crippen LogP contribution is 2.10. The smallest absolute Gasteiger partial charge is 0.306 e. The van der Waals surface area contributed by atoms with Crippen LogP contribution in [0.2, 0.25) is 0 Å². The van der Waals surface area contributed by atoms with E-state index in [9.17, 15) is 9.18 Å². The van der Waals surface area contributed by atoms with E-state index in [0.29, 0.717) is 31.8 Å². The maximum atomic E-state index is 13.6. The van der Waals surface area contributed by atoms with Gasteiger partial charge in [-0.05, 0) is 6.07 Å². The van der Waals surface area contributed by atoms with Gasteiger partial charge in [-0.2, -0.15) is 0 Å². The molecule has 0 N–H and O–H groups in total. The van der Waals surface area contributed by atoms with Crippen LogP contribution in [0.1, 0.15) is 12.0 Å². The number of nitrogens with zero attached hydrogens (tertiary/aromatic N) is 1. The summed E-state index contributed by atoms with van der Waals surface area (Å²) in [6.45, 7) is 2.15. The molecule has 1 rings (SSSR count). The fourth-order valence-electron chi connectivity index (χ4n) is 1.71. The summed E-state index contributed by atoms with van der Waals surface area (Å²) >= 11 is 0. The molecule has 0 amide bonds. The van der Waals surface area contributed by atoms with Crippen LogP contribution in [0.3, 0.4) is 0 Å². The van der Waals surface area contributed by atoms with Gasteiger partial charge in [-0.25, -0.2) is 4.39 Å². The maximum absolute atomic E-state index is 13.6. The van der Waals surface area contributed by atoms with Gasteiger partial charge in [0.25, 0.3) is 0 Å². The van der Waals surface area contributed by atoms with Crippen LogP contribution in [0, 0.1) is 5.82 Å². The Balaban J connectivity index is 2.58. The van der Waals surface area contributed by atoms with E-state index in [-0.39, 0.29) is 18.2 Å². The first-order chi connectivity index (χ1) is 9.17. The fraction of sp³-hybridized carbons (Fsp3) is 0.500. The van der Waals surface area contributed by atoms with Crippen LogP contribution >= 0.6 is 0 Å². The molecule has 1 aromatic carbocycles. The van der Waals surface area contributed by atoms with Gasteiger partial charge in [0, 0.05) is 32.3 Å². The molecular formula is C14H20FNO3. The largest absolute Gasteiger partial charge is 0.469 e. The van der Waals surface area contributed by atoms with Crippen molar-refractivity contribution in [3.8, 4) is 0 Å². The zero-order chi connectivity index (χ0) is 14.1. The van der Waals surface area contributed by atoms with Crippen LogP contribution in [-0.4, -0.2) is 44.8 Å². The second-order valence-electron chi connectivity index (χ2n) is 4.19. The number of benzene rings is 1. The predicted octanol–water partition coefficient (Wildman–Crippen LogP) is 1.84. The maximum Gasteiger partial charge on any atom is 0.306 e. The van der Waals surface area contributed by atoms with Crippen LogP contribution in [-0.2, 0) is 20.8 Å². The van der Waals surface area contributed by atoms with E-state index in [4.69, 9.17) is 4.74 Å². The van der Waals surface area contributed by atoms with Gasteiger partial charge in [-0.3, -0.25) is 9.69 Å². The van der Waals surface area contributed by atoms with E-state index in [2.05, 4.69) is 4.74 Å². The number of hydrogen-bond donors (Lipinski definition) is 0. The van der Waals surface area contributed by atoms with Crippen molar-refractivity contribution in [3.63, 3.8) is 0 Å². The van der Waals surface area contributed by atoms with Gasteiger partial charge in [0.05, 0.1) is 20.1 Å². The first-order valence-electron chi connectivity index (χ1n) is 6.19. The lowest BCUT2D eigenvalue weighted by molar-refractivity contribution is -0.141. The molecule has 0 unspecified atom stereocenters. The van der Waals surface area contributed by atoms with Crippen molar-refractivity contribution in [2.45, 2.75) is 13.0 Å². The lowest BCUT2D eigenvalue weighted by Crippen LogP contribution is -2.30. The summed E-state index contributed by atoms with van der Waals surface area (Å²) < 4.78 is 23.2. The van der Waals surface area contributed by atoms with E-state index in [0.717, 1.165) is 0 Å². The zero-order valence-electron chi connectivity index (χ0n) is 11.4. The number of ether oxygens (including phenoxy) is 2. The summed E-state index contributed by atoms with van der Waals surface area (Å²) in [6.07, 6.45) is 0.286. The van der Waals surface area contributed by atoms with Crippen molar-refractivity contribution >= 4 is 5.97 Å². The zero-order valence-corrected chi connectivity index (χ0v) is 11.4. The molecule has 5 heteroatoms. The van der Waals surface area contributed by atoms with Gasteiger partial charge < -0.3 is 9.47 Å². The SMILES string of the molecule is COCCN(CCC(=O)OC)Cc1ccccc1F. The minimum absolute atomic E-state index is 0.233. The molecule has 106 valence electrons. The molecule has 0 aliphatic heterocycles. The average molecular weight is 269 g/mol. The highest BCUT2D eigenvalue weighted by Gasteiger charge is 2.11. The summed E-state index contributed by atoms with van der Waals surface area (Å²) in [7, 11) is 2.97. The molecule has 0 saturated carbocycles. The lowest BCUT2D eigenvalue weighted by atomic mass is 10.2. The molecule has 0 atom stereocenters. The van der Waals surface area contributed by atoms with E-state index < -0.39 is 0 Å². The Bertz CT molecular complexity index is 398. The van der Waals surface area contributed by atoms with Crippen LogP contribution in [0.25, 0.3) is 0 Å². The van der Waals surface area contributed by atoms with Crippen molar-refractivity contribution in [3.05, 3.63) is 35.6 Å². The quantitative estimate of drug-likeness (QED) is 0.675. The second-order valence-corrected chi connectivity index (χ2v) is 4.19. The number of hydrogen-bond acceptors (Lipinski definition) is 4. The van der Waals surface area contributed by atoms with Crippen molar-refractivity contribution in [2.24, 2.45) is 0 Å². The van der Waals surface area contributed by atoms with E-state index >= 15 is 0 Å². The molecule has 1 aromatic rings. The molecule has 0 bridgehead atoms. The predicted molar refractivity (Wildman–Crippen MR) is 70.2 cm³/mol. The van der Waals surface area contributed by atoms with Crippen molar-refractivity contribution in [2.75, 3.05) is 33.9 Å². The summed E-state index contributed by atoms with van der Waals surface area (Å²) in [5.74, 6) is -0.501. The molecule has 19 heavy (non-hydrogen) atoms. The number of esters is 1. The van der Waals surface area contributed by atoms with Gasteiger partial charge in [0.15, 0.2) is 0 Å². The Morgan fingerprint density at radius 3 is 2.63 bits per heavy atom. The molecule has 0 heterocycles. The van der Waals surface area contributed by atoms with Crippen LogP contribution in [0.15, 0.2) is 24.3 Å². The number of halogens is 1. The third kappa shape index (κ3) is 5.81. The molecular weight excluding hydrogens is 249 g/mol. The highest BCUT2D eigenvalue weighted by atomic mass is 19.1. The Hall–Kier alpha value is -1.46. The number of carbonyl (C=O) groups is 1. The minimum Gasteiger partial charge on any atom is -0.469 e. The first kappa shape index (κ1) is 15.6. The van der Waals surface area contributed by atoms with Crippen LogP contribution in [0.4, 0.5) is 4.39 Å². The Kier molecular flexibility index (Phi) is 7.07. The molecule has 0 aliphatic carbocycles. The number of carbonyl (C=O) groups excluding carboxylic acids is 1. The van der Waals surface area contributed by atoms with Gasteiger partial charge in [-0.15, -0.1) is 0 Å². The summed E-state index contributed by atoms with van der Waals surface area (Å²) in [4.78, 5) is 13.1. The Morgan fingerprint density at radius 2 is 2.00 bits per heavy atom. The van der Waals surface area contributed by atoms with E-state index in [1.165, 1.54) is 13.2 Å². The molecule has 4 nitrogen and oxygen atoms in total. The van der Waals surface area contributed by atoms with Gasteiger partial charge in [-0.1, -0.05) is 18.2 Å². The average Bonchev–Trinajstić information content (AvgIpc) is 2.43. The van der Waals surface area contributed by atoms with E-state index in [1.54, 1.807) is 25.3 Å². The molecule has 0 fully saturated rings. The number of methoxy groups -OCH3 is 2. The number of rotatable bonds is 8. The van der Waals surface area contributed by atoms with Crippen molar-refractivity contribution < 1.29 is 18.7 Å². The van der Waals surface area contributed by atoms with Crippen molar-refractivity contribution in [1.82, 2.24) is 4.90 Å². The molecule has 0 saturated heterocycles. The normalized spacial score (nSPS) is 10.7. The highest BCUT2D eigenvalue weighted by molar-refractivity contribution is 5.69. The molecule has 0 aliphatic rings. The summed E-state index contributed by atoms with van der Waals surface area (Å²) in [6, 6.07) is 6.64. The molecule has 0 spiro atoms. The topological polar surface area (TPSA) is 38.8 Å². The van der Waals surface area contributed by atoms with Crippen molar-refractivity contribution in [1.29, 1.82) is 0 Å². The van der Waals surface area contributed by atoms with Gasteiger partial charge in [0.1, 0.15) is 5.82 Å². The Labute approximate surface area is 113 Å². The third-order valence-electron chi connectivity index (χ3n) is 2.82. The Morgan fingerprint density at radius 1 is 1.26 bits per heavy atom. The molecule has 0 aromatic heterocycles. The van der Waals surface area contributed by atoms with E-state index in [1.807, 2.05) is 4.90 Å². The summed E-state index contributed by atoms with van der Waals surface area (Å²) in [5.41, 5.74) is 0.614. The third-order valence-corrected chi connectivity index (χ3v) is 2.82.